The van der Waals surface area contributed by atoms with Crippen LogP contribution in [0.3, 0.4) is 0 Å². The fourth-order valence-electron chi connectivity index (χ4n) is 1.83. The highest BCUT2D eigenvalue weighted by Gasteiger charge is 2.44. The number of hydrogen-bond acceptors (Lipinski definition) is 3. The number of hydrogen-bond donors (Lipinski definition) is 1. The van der Waals surface area contributed by atoms with Gasteiger partial charge in [0, 0.05) is 11.8 Å². The maximum atomic E-state index is 10.9. The van der Waals surface area contributed by atoms with Gasteiger partial charge in [0.15, 0.2) is 0 Å². The van der Waals surface area contributed by atoms with Crippen molar-refractivity contribution < 1.29 is 14.7 Å². The van der Waals surface area contributed by atoms with Crippen molar-refractivity contribution in [1.82, 2.24) is 4.58 Å². The van der Waals surface area contributed by atoms with E-state index < -0.39 is 16.9 Å². The van der Waals surface area contributed by atoms with Crippen LogP contribution in [-0.4, -0.2) is 27.1 Å². The van der Waals surface area contributed by atoms with E-state index >= 15 is 0 Å². The molecule has 2 unspecified atom stereocenters. The highest BCUT2D eigenvalue weighted by molar-refractivity contribution is 6.25. The fourth-order valence-corrected chi connectivity index (χ4v) is 2.49. The van der Waals surface area contributed by atoms with Crippen LogP contribution in [0.4, 0.5) is 0 Å². The molecule has 2 atom stereocenters. The van der Waals surface area contributed by atoms with Crippen LogP contribution >= 0.6 is 23.4 Å². The molecular formula is C11H11Cl2NO3. The molecule has 1 aliphatic rings. The second kappa shape index (κ2) is 4.46. The van der Waals surface area contributed by atoms with Crippen LogP contribution in [-0.2, 0) is 4.84 Å². The number of alkyl halides is 1. The maximum absolute atomic E-state index is 10.9. The molecule has 4 nitrogen and oxygen atoms in total. The van der Waals surface area contributed by atoms with E-state index in [9.17, 15) is 4.79 Å². The van der Waals surface area contributed by atoms with Gasteiger partial charge in [-0.15, -0.1) is 11.6 Å². The van der Waals surface area contributed by atoms with Crippen molar-refractivity contribution in [2.24, 2.45) is 0 Å². The molecular weight excluding hydrogens is 265 g/mol. The highest BCUT2D eigenvalue weighted by atomic mass is 35.5. The Kier molecular flexibility index (Phi) is 3.32. The Hall–Kier alpha value is -0.810. The Labute approximate surface area is 109 Å². The molecule has 1 saturated heterocycles. The first kappa shape index (κ1) is 12.6. The average molecular weight is 276 g/mol. The first-order chi connectivity index (χ1) is 7.90. The van der Waals surface area contributed by atoms with Crippen LogP contribution < -0.4 is 0 Å². The number of aromatic carboxylic acids is 1. The average Bonchev–Trinajstić information content (AvgIpc) is 2.52. The summed E-state index contributed by atoms with van der Waals surface area (Å²) in [7, 11) is 0. The van der Waals surface area contributed by atoms with Gasteiger partial charge >= 0.3 is 5.97 Å². The van der Waals surface area contributed by atoms with Gasteiger partial charge in [-0.3, -0.25) is 4.84 Å². The first-order valence-electron chi connectivity index (χ1n) is 5.02. The van der Waals surface area contributed by atoms with Crippen molar-refractivity contribution in [3.63, 3.8) is 0 Å². The molecule has 1 N–H and O–H groups in total. The lowest BCUT2D eigenvalue weighted by Gasteiger charge is -2.21. The molecule has 1 heterocycles. The van der Waals surface area contributed by atoms with Gasteiger partial charge in [0.2, 0.25) is 0 Å². The van der Waals surface area contributed by atoms with E-state index in [1.54, 1.807) is 25.1 Å². The second-order valence-electron chi connectivity index (χ2n) is 4.17. The number of rotatable bonds is 2. The summed E-state index contributed by atoms with van der Waals surface area (Å²) in [5, 5.41) is 8.92. The van der Waals surface area contributed by atoms with Crippen molar-refractivity contribution in [3.05, 3.63) is 35.4 Å². The van der Waals surface area contributed by atoms with E-state index in [0.29, 0.717) is 12.1 Å². The van der Waals surface area contributed by atoms with Crippen molar-refractivity contribution in [2.45, 2.75) is 17.9 Å². The zero-order chi connectivity index (χ0) is 12.6. The van der Waals surface area contributed by atoms with E-state index in [-0.39, 0.29) is 5.56 Å². The largest absolute Gasteiger partial charge is 0.478 e. The zero-order valence-corrected chi connectivity index (χ0v) is 10.6. The molecule has 0 amide bonds. The summed E-state index contributed by atoms with van der Waals surface area (Å²) in [6.45, 7) is 2.16. The lowest BCUT2D eigenvalue weighted by atomic mass is 9.96. The third kappa shape index (κ3) is 2.55. The lowest BCUT2D eigenvalue weighted by Crippen LogP contribution is -2.25. The van der Waals surface area contributed by atoms with E-state index in [1.807, 2.05) is 0 Å². The summed E-state index contributed by atoms with van der Waals surface area (Å²) >= 11 is 12.1. The molecule has 6 heteroatoms. The molecule has 0 saturated carbocycles. The van der Waals surface area contributed by atoms with E-state index in [1.165, 1.54) is 6.07 Å². The van der Waals surface area contributed by atoms with Gasteiger partial charge < -0.3 is 5.11 Å². The van der Waals surface area contributed by atoms with Crippen LogP contribution in [0.5, 0.6) is 0 Å². The third-order valence-corrected chi connectivity index (χ3v) is 3.15. The molecule has 0 spiro atoms. The Morgan fingerprint density at radius 1 is 1.65 bits per heavy atom. The molecule has 17 heavy (non-hydrogen) atoms. The second-order valence-corrected chi connectivity index (χ2v) is 5.41. The van der Waals surface area contributed by atoms with Gasteiger partial charge in [0.05, 0.1) is 17.0 Å². The predicted molar refractivity (Wildman–Crippen MR) is 64.0 cm³/mol. The molecule has 92 valence electrons. The summed E-state index contributed by atoms with van der Waals surface area (Å²) in [6, 6.07) is 6.49. The number of hydroxylamine groups is 1. The number of nitrogens with zero attached hydrogens (tertiary/aromatic N) is 1. The Morgan fingerprint density at radius 3 is 2.88 bits per heavy atom. The van der Waals surface area contributed by atoms with Crippen molar-refractivity contribution in [2.75, 3.05) is 6.54 Å². The van der Waals surface area contributed by atoms with E-state index in [0.717, 1.165) is 4.58 Å². The number of carboxylic acids is 1. The molecule has 1 aliphatic heterocycles. The summed E-state index contributed by atoms with van der Waals surface area (Å²) in [5.41, 5.74) is 0.900. The number of carbonyl (C=O) groups is 1. The van der Waals surface area contributed by atoms with Crippen molar-refractivity contribution in [3.8, 4) is 0 Å². The van der Waals surface area contributed by atoms with Gasteiger partial charge in [-0.05, 0) is 24.6 Å². The third-order valence-electron chi connectivity index (χ3n) is 2.64. The van der Waals surface area contributed by atoms with Gasteiger partial charge in [0.25, 0.3) is 0 Å². The van der Waals surface area contributed by atoms with Gasteiger partial charge in [-0.1, -0.05) is 16.7 Å². The first-order valence-corrected chi connectivity index (χ1v) is 5.74. The van der Waals surface area contributed by atoms with Crippen molar-refractivity contribution in [1.29, 1.82) is 0 Å². The van der Waals surface area contributed by atoms with Crippen LogP contribution in [0.15, 0.2) is 24.3 Å². The minimum Gasteiger partial charge on any atom is -0.478 e. The highest BCUT2D eigenvalue weighted by Crippen LogP contribution is 2.42. The Bertz CT molecular complexity index is 450. The zero-order valence-electron chi connectivity index (χ0n) is 9.06. The van der Waals surface area contributed by atoms with Crippen LogP contribution in [0.2, 0.25) is 0 Å². The smallest absolute Gasteiger partial charge is 0.335 e. The lowest BCUT2D eigenvalue weighted by molar-refractivity contribution is -0.0784. The van der Waals surface area contributed by atoms with E-state index in [2.05, 4.69) is 0 Å². The molecule has 1 fully saturated rings. The molecule has 0 aromatic heterocycles. The van der Waals surface area contributed by atoms with E-state index in [4.69, 9.17) is 33.3 Å². The number of benzene rings is 1. The monoisotopic (exact) mass is 275 g/mol. The molecule has 0 radical (unpaired) electrons. The van der Waals surface area contributed by atoms with Crippen LogP contribution in [0.1, 0.15) is 28.9 Å². The number of carboxylic acid groups (broad SMARTS) is 1. The SMILES string of the molecule is CC1(Cl)CN(Cl)OC1c1cccc(C(=O)O)c1. The van der Waals surface area contributed by atoms with Crippen LogP contribution in [0, 0.1) is 0 Å². The summed E-state index contributed by atoms with van der Waals surface area (Å²) in [5.74, 6) is -0.983. The normalized spacial score (nSPS) is 29.5. The fraction of sp³-hybridized carbons (Fsp3) is 0.364. The molecule has 2 rings (SSSR count). The topological polar surface area (TPSA) is 49.8 Å². The predicted octanol–water partition coefficient (Wildman–Crippen LogP) is 2.82. The summed E-state index contributed by atoms with van der Waals surface area (Å²) < 4.78 is 1.14. The Morgan fingerprint density at radius 2 is 2.35 bits per heavy atom. The van der Waals surface area contributed by atoms with Crippen LogP contribution in [0.25, 0.3) is 0 Å². The van der Waals surface area contributed by atoms with Crippen molar-refractivity contribution >= 4 is 29.3 Å². The summed E-state index contributed by atoms with van der Waals surface area (Å²) in [6.07, 6.45) is -0.457. The maximum Gasteiger partial charge on any atom is 0.335 e. The van der Waals surface area contributed by atoms with Gasteiger partial charge in [-0.25, -0.2) is 4.79 Å². The standard InChI is InChI=1S/C11H11Cl2NO3/c1-11(12)6-14(13)17-9(11)7-3-2-4-8(5-7)10(15)16/h2-5,9H,6H2,1H3,(H,15,16). The molecule has 0 bridgehead atoms. The summed E-state index contributed by atoms with van der Waals surface area (Å²) in [4.78, 5) is 15.6. The number of halogens is 2. The van der Waals surface area contributed by atoms with Gasteiger partial charge in [0.1, 0.15) is 6.10 Å². The minimum atomic E-state index is -0.983. The van der Waals surface area contributed by atoms with Gasteiger partial charge in [-0.2, -0.15) is 0 Å². The molecule has 0 aliphatic carbocycles. The minimum absolute atomic E-state index is 0.201. The molecule has 1 aromatic rings. The Balaban J connectivity index is 2.34. The quantitative estimate of drug-likeness (QED) is 0.666. The molecule has 1 aromatic carbocycles.